The Bertz CT molecular complexity index is 95.8. The van der Waals surface area contributed by atoms with Crippen molar-refractivity contribution in [3.63, 3.8) is 0 Å². The molecule has 0 unspecified atom stereocenters. The SMILES string of the molecule is CCO[SiH](OCC)OCC=N. The molecule has 0 bridgehead atoms. The predicted octanol–water partition coefficient (Wildman–Crippen LogP) is 0.443. The maximum absolute atomic E-state index is 6.72. The van der Waals surface area contributed by atoms with E-state index in [0.29, 0.717) is 13.2 Å². The molecule has 0 saturated heterocycles. The van der Waals surface area contributed by atoms with E-state index in [4.69, 9.17) is 18.7 Å². The van der Waals surface area contributed by atoms with E-state index in [1.54, 1.807) is 0 Å². The minimum atomic E-state index is -1.90. The van der Waals surface area contributed by atoms with Gasteiger partial charge in [0.15, 0.2) is 0 Å². The minimum absolute atomic E-state index is 0.289. The van der Waals surface area contributed by atoms with Crippen molar-refractivity contribution >= 4 is 15.7 Å². The summed E-state index contributed by atoms with van der Waals surface area (Å²) >= 11 is 0. The van der Waals surface area contributed by atoms with Crippen LogP contribution in [0.4, 0.5) is 0 Å². The normalized spacial score (nSPS) is 10.5. The molecular weight excluding hydrogens is 162 g/mol. The molecule has 0 aromatic rings. The van der Waals surface area contributed by atoms with Crippen LogP contribution in [0.3, 0.4) is 0 Å². The quantitative estimate of drug-likeness (QED) is 0.453. The van der Waals surface area contributed by atoms with Crippen molar-refractivity contribution < 1.29 is 13.3 Å². The minimum Gasteiger partial charge on any atom is -0.376 e. The summed E-state index contributed by atoms with van der Waals surface area (Å²) in [5.74, 6) is 0. The second kappa shape index (κ2) is 7.87. The van der Waals surface area contributed by atoms with Gasteiger partial charge in [-0.25, -0.2) is 0 Å². The molecule has 11 heavy (non-hydrogen) atoms. The molecule has 0 saturated carbocycles. The van der Waals surface area contributed by atoms with E-state index in [1.807, 2.05) is 13.8 Å². The van der Waals surface area contributed by atoms with Crippen LogP contribution in [0.15, 0.2) is 0 Å². The summed E-state index contributed by atoms with van der Waals surface area (Å²) in [5.41, 5.74) is 0. The first-order chi connectivity index (χ1) is 5.35. The van der Waals surface area contributed by atoms with E-state index in [1.165, 1.54) is 6.21 Å². The van der Waals surface area contributed by atoms with Crippen LogP contribution in [-0.2, 0) is 13.3 Å². The van der Waals surface area contributed by atoms with Gasteiger partial charge in [0.1, 0.15) is 0 Å². The van der Waals surface area contributed by atoms with Gasteiger partial charge in [0.05, 0.1) is 6.61 Å². The molecule has 1 N–H and O–H groups in total. The van der Waals surface area contributed by atoms with Gasteiger partial charge in [0.2, 0.25) is 0 Å². The standard InChI is InChI=1S/C6H15NO3Si/c1-3-8-11(9-4-2)10-6-5-7/h5,7,11H,3-4,6H2,1-2H3. The second-order valence-corrected chi connectivity index (χ2v) is 3.31. The molecule has 0 rings (SSSR count). The lowest BCUT2D eigenvalue weighted by Gasteiger charge is -2.12. The first-order valence-corrected chi connectivity index (χ1v) is 5.10. The Labute approximate surface area is 68.9 Å². The van der Waals surface area contributed by atoms with Crippen LogP contribution in [0, 0.1) is 5.41 Å². The van der Waals surface area contributed by atoms with Crippen molar-refractivity contribution in [1.82, 2.24) is 0 Å². The van der Waals surface area contributed by atoms with E-state index in [0.717, 1.165) is 0 Å². The average molecular weight is 177 g/mol. The molecule has 0 fully saturated rings. The summed E-state index contributed by atoms with van der Waals surface area (Å²) in [5, 5.41) is 6.72. The molecule has 0 aliphatic heterocycles. The molecule has 0 atom stereocenters. The molecule has 0 aliphatic carbocycles. The lowest BCUT2D eigenvalue weighted by Crippen LogP contribution is -2.27. The van der Waals surface area contributed by atoms with Gasteiger partial charge in [-0.2, -0.15) is 0 Å². The summed E-state index contributed by atoms with van der Waals surface area (Å²) in [4.78, 5) is 0. The molecule has 5 heteroatoms. The third kappa shape index (κ3) is 6.18. The molecule has 0 amide bonds. The van der Waals surface area contributed by atoms with Gasteiger partial charge in [-0.05, 0) is 13.8 Å². The molecule has 66 valence electrons. The van der Waals surface area contributed by atoms with Crippen LogP contribution in [0.5, 0.6) is 0 Å². The summed E-state index contributed by atoms with van der Waals surface area (Å²) in [6.45, 7) is 5.29. The topological polar surface area (TPSA) is 51.5 Å². The maximum atomic E-state index is 6.72. The fraction of sp³-hybridized carbons (Fsp3) is 0.833. The van der Waals surface area contributed by atoms with E-state index < -0.39 is 9.53 Å². The van der Waals surface area contributed by atoms with Gasteiger partial charge in [-0.1, -0.05) is 0 Å². The van der Waals surface area contributed by atoms with Crippen LogP contribution in [0.25, 0.3) is 0 Å². The number of rotatable bonds is 7. The highest BCUT2D eigenvalue weighted by Gasteiger charge is 2.11. The van der Waals surface area contributed by atoms with Crippen molar-refractivity contribution in [3.8, 4) is 0 Å². The smallest absolute Gasteiger partial charge is 0.376 e. The van der Waals surface area contributed by atoms with E-state index in [9.17, 15) is 0 Å². The third-order valence-corrected chi connectivity index (χ3v) is 2.60. The lowest BCUT2D eigenvalue weighted by molar-refractivity contribution is 0.116. The molecule has 0 radical (unpaired) electrons. The van der Waals surface area contributed by atoms with E-state index in [2.05, 4.69) is 0 Å². The van der Waals surface area contributed by atoms with Crippen molar-refractivity contribution in [2.45, 2.75) is 13.8 Å². The fourth-order valence-corrected chi connectivity index (χ4v) is 1.63. The maximum Gasteiger partial charge on any atom is 0.484 e. The molecule has 0 aromatic carbocycles. The van der Waals surface area contributed by atoms with Crippen LogP contribution in [-0.4, -0.2) is 35.6 Å². The first-order valence-electron chi connectivity index (χ1n) is 3.68. The van der Waals surface area contributed by atoms with Crippen LogP contribution < -0.4 is 0 Å². The third-order valence-electron chi connectivity index (χ3n) is 0.921. The summed E-state index contributed by atoms with van der Waals surface area (Å²) in [6, 6.07) is 0. The molecular formula is C6H15NO3Si. The van der Waals surface area contributed by atoms with Crippen LogP contribution in [0.2, 0.25) is 0 Å². The first kappa shape index (κ1) is 10.8. The zero-order valence-electron chi connectivity index (χ0n) is 7.00. The van der Waals surface area contributed by atoms with Gasteiger partial charge in [0.25, 0.3) is 0 Å². The number of hydrogen-bond acceptors (Lipinski definition) is 4. The number of hydrogen-bond donors (Lipinski definition) is 1. The zero-order chi connectivity index (χ0) is 8.53. The fourth-order valence-electron chi connectivity index (χ4n) is 0.543. The highest BCUT2D eigenvalue weighted by Crippen LogP contribution is 1.90. The van der Waals surface area contributed by atoms with Gasteiger partial charge in [-0.15, -0.1) is 0 Å². The predicted molar refractivity (Wildman–Crippen MR) is 45.1 cm³/mol. The van der Waals surface area contributed by atoms with Crippen molar-refractivity contribution in [3.05, 3.63) is 0 Å². The van der Waals surface area contributed by atoms with E-state index >= 15 is 0 Å². The Morgan fingerprint density at radius 2 is 1.73 bits per heavy atom. The highest BCUT2D eigenvalue weighted by atomic mass is 28.3. The summed E-state index contributed by atoms with van der Waals surface area (Å²) < 4.78 is 15.5. The lowest BCUT2D eigenvalue weighted by atomic mass is 10.8. The van der Waals surface area contributed by atoms with Crippen LogP contribution in [0.1, 0.15) is 13.8 Å². The monoisotopic (exact) mass is 177 g/mol. The van der Waals surface area contributed by atoms with Crippen molar-refractivity contribution in [2.75, 3.05) is 19.8 Å². The molecule has 0 aromatic heterocycles. The Balaban J connectivity index is 3.41. The largest absolute Gasteiger partial charge is 0.484 e. The molecule has 4 nitrogen and oxygen atoms in total. The Kier molecular flexibility index (Phi) is 7.70. The van der Waals surface area contributed by atoms with Crippen LogP contribution >= 0.6 is 0 Å². The zero-order valence-corrected chi connectivity index (χ0v) is 8.16. The Morgan fingerprint density at radius 3 is 2.09 bits per heavy atom. The Hall–Kier alpha value is -0.233. The van der Waals surface area contributed by atoms with Crippen molar-refractivity contribution in [1.29, 1.82) is 5.41 Å². The van der Waals surface area contributed by atoms with Gasteiger partial charge in [-0.3, -0.25) is 0 Å². The summed E-state index contributed by atoms with van der Waals surface area (Å²) in [6.07, 6.45) is 1.19. The molecule has 0 aliphatic rings. The number of nitrogens with one attached hydrogen (secondary N) is 1. The van der Waals surface area contributed by atoms with Gasteiger partial charge in [0, 0.05) is 19.4 Å². The molecule has 0 spiro atoms. The molecule has 0 heterocycles. The van der Waals surface area contributed by atoms with E-state index in [-0.39, 0.29) is 6.61 Å². The highest BCUT2D eigenvalue weighted by molar-refractivity contribution is 6.36. The summed E-state index contributed by atoms with van der Waals surface area (Å²) in [7, 11) is -1.90. The second-order valence-electron chi connectivity index (χ2n) is 1.74. The van der Waals surface area contributed by atoms with Crippen molar-refractivity contribution in [2.24, 2.45) is 0 Å². The van der Waals surface area contributed by atoms with Gasteiger partial charge >= 0.3 is 9.53 Å². The van der Waals surface area contributed by atoms with Gasteiger partial charge < -0.3 is 18.7 Å². The average Bonchev–Trinajstić information content (AvgIpc) is 2.01. The Morgan fingerprint density at radius 1 is 1.18 bits per heavy atom.